The molecule has 0 bridgehead atoms. The van der Waals surface area contributed by atoms with Crippen LogP contribution in [-0.2, 0) is 6.54 Å². The summed E-state index contributed by atoms with van der Waals surface area (Å²) in [5, 5.41) is 11.8. The van der Waals surface area contributed by atoms with E-state index < -0.39 is 0 Å². The number of carbonyl (C=O) groups excluding carboxylic acids is 1. The third-order valence-electron chi connectivity index (χ3n) is 5.11. The maximum Gasteiger partial charge on any atom is 0.278 e. The van der Waals surface area contributed by atoms with E-state index in [1.807, 2.05) is 58.0 Å². The number of hydrogen-bond donors (Lipinski definition) is 1. The molecule has 31 heavy (non-hydrogen) atoms. The van der Waals surface area contributed by atoms with Gasteiger partial charge in [-0.1, -0.05) is 34.5 Å². The Morgan fingerprint density at radius 2 is 1.84 bits per heavy atom. The number of oxazole rings is 1. The number of aryl methyl sites for hydroxylation is 3. The van der Waals surface area contributed by atoms with Gasteiger partial charge >= 0.3 is 0 Å². The van der Waals surface area contributed by atoms with Crippen molar-refractivity contribution in [3.63, 3.8) is 0 Å². The second-order valence-electron chi connectivity index (χ2n) is 7.48. The second-order valence-corrected chi connectivity index (χ2v) is 7.92. The molecule has 0 radical (unpaired) electrons. The summed E-state index contributed by atoms with van der Waals surface area (Å²) in [5.41, 5.74) is 5.37. The summed E-state index contributed by atoms with van der Waals surface area (Å²) >= 11 is 5.95. The first kappa shape index (κ1) is 20.8. The number of amides is 1. The van der Waals surface area contributed by atoms with E-state index in [1.165, 1.54) is 0 Å². The summed E-state index contributed by atoms with van der Waals surface area (Å²) in [6.45, 7) is 7.98. The van der Waals surface area contributed by atoms with Crippen molar-refractivity contribution < 1.29 is 9.21 Å². The summed E-state index contributed by atoms with van der Waals surface area (Å²) in [4.78, 5) is 17.3. The Balaban J connectivity index is 1.53. The van der Waals surface area contributed by atoms with Crippen molar-refractivity contribution in [1.29, 1.82) is 0 Å². The van der Waals surface area contributed by atoms with E-state index >= 15 is 0 Å². The van der Waals surface area contributed by atoms with Gasteiger partial charge in [0.15, 0.2) is 5.69 Å². The third-order valence-corrected chi connectivity index (χ3v) is 5.36. The molecule has 7 nitrogen and oxygen atoms in total. The number of anilines is 1. The van der Waals surface area contributed by atoms with E-state index in [4.69, 9.17) is 16.0 Å². The van der Waals surface area contributed by atoms with Crippen LogP contribution in [0.5, 0.6) is 0 Å². The predicted octanol–water partition coefficient (Wildman–Crippen LogP) is 5.12. The molecular formula is C23H22ClN5O2. The number of hydrogen-bond acceptors (Lipinski definition) is 5. The monoisotopic (exact) mass is 435 g/mol. The molecule has 0 saturated heterocycles. The number of rotatable bonds is 5. The van der Waals surface area contributed by atoms with Crippen molar-refractivity contribution in [2.24, 2.45) is 0 Å². The minimum absolute atomic E-state index is 0.277. The lowest BCUT2D eigenvalue weighted by Crippen LogP contribution is -2.15. The zero-order valence-electron chi connectivity index (χ0n) is 17.7. The highest BCUT2D eigenvalue weighted by Crippen LogP contribution is 2.24. The van der Waals surface area contributed by atoms with Crippen LogP contribution in [0.1, 0.15) is 38.8 Å². The third kappa shape index (κ3) is 4.36. The average molecular weight is 436 g/mol. The molecule has 0 atom stereocenters. The highest BCUT2D eigenvalue weighted by molar-refractivity contribution is 6.30. The molecule has 2 heterocycles. The SMILES string of the molecule is Cc1ccc(NC(=O)c2nnn(Cc3nc(-c4ccc(Cl)cc4)oc3C)c2C)c(C)c1. The molecule has 4 rings (SSSR count). The predicted molar refractivity (Wildman–Crippen MR) is 119 cm³/mol. The van der Waals surface area contributed by atoms with Gasteiger partial charge in [0.1, 0.15) is 11.5 Å². The van der Waals surface area contributed by atoms with Gasteiger partial charge < -0.3 is 9.73 Å². The van der Waals surface area contributed by atoms with E-state index in [0.29, 0.717) is 28.9 Å². The molecule has 0 aliphatic rings. The molecule has 1 N–H and O–H groups in total. The molecule has 0 aliphatic heterocycles. The molecule has 0 aliphatic carbocycles. The van der Waals surface area contributed by atoms with Crippen molar-refractivity contribution in [3.05, 3.63) is 81.5 Å². The maximum absolute atomic E-state index is 12.7. The normalized spacial score (nSPS) is 11.0. The molecule has 2 aromatic carbocycles. The van der Waals surface area contributed by atoms with Gasteiger partial charge in [0.05, 0.1) is 12.2 Å². The Labute approximate surface area is 185 Å². The van der Waals surface area contributed by atoms with Crippen molar-refractivity contribution >= 4 is 23.2 Å². The first-order valence-corrected chi connectivity index (χ1v) is 10.2. The molecular weight excluding hydrogens is 414 g/mol. The van der Waals surface area contributed by atoms with Gasteiger partial charge in [0.25, 0.3) is 5.91 Å². The number of nitrogens with one attached hydrogen (secondary N) is 1. The first-order chi connectivity index (χ1) is 14.8. The fraction of sp³-hybridized carbons (Fsp3) is 0.217. The van der Waals surface area contributed by atoms with Gasteiger partial charge in [-0.2, -0.15) is 0 Å². The lowest BCUT2D eigenvalue weighted by molar-refractivity contribution is 0.102. The highest BCUT2D eigenvalue weighted by atomic mass is 35.5. The topological polar surface area (TPSA) is 85.8 Å². The quantitative estimate of drug-likeness (QED) is 0.470. The van der Waals surface area contributed by atoms with Gasteiger partial charge in [0.2, 0.25) is 5.89 Å². The van der Waals surface area contributed by atoms with Crippen LogP contribution < -0.4 is 5.32 Å². The Morgan fingerprint density at radius 3 is 2.55 bits per heavy atom. The van der Waals surface area contributed by atoms with Crippen LogP contribution in [0, 0.1) is 27.7 Å². The molecule has 0 spiro atoms. The van der Waals surface area contributed by atoms with Crippen LogP contribution in [0.4, 0.5) is 5.69 Å². The van der Waals surface area contributed by atoms with Gasteiger partial charge in [0, 0.05) is 16.3 Å². The van der Waals surface area contributed by atoms with Crippen LogP contribution in [0.2, 0.25) is 5.02 Å². The Kier molecular flexibility index (Phi) is 5.61. The van der Waals surface area contributed by atoms with Crippen molar-refractivity contribution in [2.45, 2.75) is 34.2 Å². The molecule has 2 aromatic heterocycles. The Hall–Kier alpha value is -3.45. The fourth-order valence-corrected chi connectivity index (χ4v) is 3.41. The molecule has 0 fully saturated rings. The van der Waals surface area contributed by atoms with E-state index in [1.54, 1.807) is 16.8 Å². The standard InChI is InChI=1S/C23H22ClN5O2/c1-13-5-10-19(14(2)11-13)25-22(30)21-15(3)29(28-27-21)12-20-16(4)31-23(26-20)17-6-8-18(24)9-7-17/h5-11H,12H2,1-4H3,(H,25,30). The Morgan fingerprint density at radius 1 is 1.10 bits per heavy atom. The van der Waals surface area contributed by atoms with Crippen LogP contribution in [-0.4, -0.2) is 25.9 Å². The Bertz CT molecular complexity index is 1260. The molecule has 0 saturated carbocycles. The lowest BCUT2D eigenvalue weighted by atomic mass is 10.1. The summed E-state index contributed by atoms with van der Waals surface area (Å²) < 4.78 is 7.46. The first-order valence-electron chi connectivity index (χ1n) is 9.82. The molecule has 1 amide bonds. The highest BCUT2D eigenvalue weighted by Gasteiger charge is 2.19. The van der Waals surface area contributed by atoms with Crippen LogP contribution in [0.25, 0.3) is 11.5 Å². The summed E-state index contributed by atoms with van der Waals surface area (Å²) in [6.07, 6.45) is 0. The molecule has 158 valence electrons. The van der Waals surface area contributed by atoms with Crippen LogP contribution >= 0.6 is 11.6 Å². The summed E-state index contributed by atoms with van der Waals surface area (Å²) in [7, 11) is 0. The number of aromatic nitrogens is 4. The zero-order chi connectivity index (χ0) is 22.1. The second kappa shape index (κ2) is 8.35. The molecule has 8 heteroatoms. The minimum Gasteiger partial charge on any atom is -0.441 e. The van der Waals surface area contributed by atoms with Crippen LogP contribution in [0.15, 0.2) is 46.9 Å². The molecule has 0 unspecified atom stereocenters. The smallest absolute Gasteiger partial charge is 0.278 e. The van der Waals surface area contributed by atoms with Crippen molar-refractivity contribution in [2.75, 3.05) is 5.32 Å². The number of benzene rings is 2. The average Bonchev–Trinajstić information content (AvgIpc) is 3.28. The fourth-order valence-electron chi connectivity index (χ4n) is 3.29. The van der Waals surface area contributed by atoms with Crippen molar-refractivity contribution in [3.8, 4) is 11.5 Å². The van der Waals surface area contributed by atoms with E-state index in [2.05, 4.69) is 20.6 Å². The minimum atomic E-state index is -0.297. The lowest BCUT2D eigenvalue weighted by Gasteiger charge is -2.08. The number of nitrogens with zero attached hydrogens (tertiary/aromatic N) is 4. The van der Waals surface area contributed by atoms with E-state index in [9.17, 15) is 4.79 Å². The number of carbonyl (C=O) groups is 1. The molecule has 4 aromatic rings. The van der Waals surface area contributed by atoms with Gasteiger partial charge in [-0.15, -0.1) is 5.10 Å². The van der Waals surface area contributed by atoms with E-state index in [0.717, 1.165) is 28.1 Å². The summed E-state index contributed by atoms with van der Waals surface area (Å²) in [6, 6.07) is 13.2. The maximum atomic E-state index is 12.7. The van der Waals surface area contributed by atoms with E-state index in [-0.39, 0.29) is 11.6 Å². The van der Waals surface area contributed by atoms with Gasteiger partial charge in [-0.3, -0.25) is 4.79 Å². The largest absolute Gasteiger partial charge is 0.441 e. The van der Waals surface area contributed by atoms with Crippen molar-refractivity contribution in [1.82, 2.24) is 20.0 Å². The van der Waals surface area contributed by atoms with Gasteiger partial charge in [-0.25, -0.2) is 9.67 Å². The zero-order valence-corrected chi connectivity index (χ0v) is 18.5. The van der Waals surface area contributed by atoms with Crippen LogP contribution in [0.3, 0.4) is 0 Å². The number of halogens is 1. The summed E-state index contributed by atoms with van der Waals surface area (Å²) in [5.74, 6) is 0.894. The van der Waals surface area contributed by atoms with Gasteiger partial charge in [-0.05, 0) is 63.6 Å².